The molecule has 6 aromatic carbocycles. The van der Waals surface area contributed by atoms with E-state index in [9.17, 15) is 0 Å². The highest BCUT2D eigenvalue weighted by atomic mass is 16.5. The lowest BCUT2D eigenvalue weighted by Crippen LogP contribution is -2.28. The Bertz CT molecular complexity index is 1580. The smallest absolute Gasteiger partial charge is 0.127 e. The summed E-state index contributed by atoms with van der Waals surface area (Å²) in [7, 11) is 0. The van der Waals surface area contributed by atoms with Gasteiger partial charge in [-0.2, -0.15) is 0 Å². The number of para-hydroxylation sites is 1. The van der Waals surface area contributed by atoms with Gasteiger partial charge in [-0.25, -0.2) is 0 Å². The van der Waals surface area contributed by atoms with Crippen LogP contribution in [0.3, 0.4) is 0 Å². The van der Waals surface area contributed by atoms with E-state index in [2.05, 4.69) is 127 Å². The summed E-state index contributed by atoms with van der Waals surface area (Å²) in [5.41, 5.74) is 9.96. The Morgan fingerprint density at radius 3 is 1.41 bits per heavy atom. The largest absolute Gasteiger partial charge is 0.457 e. The fourth-order valence-electron chi connectivity index (χ4n) is 6.13. The van der Waals surface area contributed by atoms with Gasteiger partial charge in [0.2, 0.25) is 0 Å². The van der Waals surface area contributed by atoms with Crippen molar-refractivity contribution in [3.05, 3.63) is 191 Å². The monoisotopic (exact) mass is 500 g/mol. The molecule has 0 unspecified atom stereocenters. The summed E-state index contributed by atoms with van der Waals surface area (Å²) in [4.78, 5) is 0. The van der Waals surface area contributed by atoms with Crippen LogP contribution in [-0.2, 0) is 11.8 Å². The second-order valence-electron chi connectivity index (χ2n) is 10.1. The Kier molecular flexibility index (Phi) is 5.83. The number of benzene rings is 6. The van der Waals surface area contributed by atoms with Crippen LogP contribution in [0.25, 0.3) is 11.1 Å². The average molecular weight is 501 g/mol. The van der Waals surface area contributed by atoms with Crippen LogP contribution in [0.4, 0.5) is 0 Å². The van der Waals surface area contributed by atoms with Crippen LogP contribution in [0, 0.1) is 0 Å². The van der Waals surface area contributed by atoms with E-state index in [1.54, 1.807) is 0 Å². The molecule has 1 heteroatoms. The van der Waals surface area contributed by atoms with Crippen molar-refractivity contribution in [2.75, 3.05) is 0 Å². The molecule has 0 fully saturated rings. The van der Waals surface area contributed by atoms with Crippen molar-refractivity contribution in [1.82, 2.24) is 0 Å². The summed E-state index contributed by atoms with van der Waals surface area (Å²) in [6.07, 6.45) is 0.923. The topological polar surface area (TPSA) is 9.23 Å². The molecule has 39 heavy (non-hydrogen) atoms. The SMILES string of the molecule is c1ccc(Cc2ccc(C3(c4ccc(Oc5ccccc5)cc4)c4ccccc4-c4ccccc43)cc2)cc1. The van der Waals surface area contributed by atoms with Crippen molar-refractivity contribution in [1.29, 1.82) is 0 Å². The Morgan fingerprint density at radius 2 is 0.821 bits per heavy atom. The number of fused-ring (bicyclic) bond motifs is 3. The second kappa shape index (κ2) is 9.78. The van der Waals surface area contributed by atoms with E-state index in [4.69, 9.17) is 4.74 Å². The fourth-order valence-corrected chi connectivity index (χ4v) is 6.13. The molecule has 6 aromatic rings. The maximum Gasteiger partial charge on any atom is 0.127 e. The molecular formula is C38H28O. The minimum Gasteiger partial charge on any atom is -0.457 e. The molecule has 0 N–H and O–H groups in total. The van der Waals surface area contributed by atoms with Gasteiger partial charge in [-0.15, -0.1) is 0 Å². The summed E-state index contributed by atoms with van der Waals surface area (Å²) in [6, 6.07) is 56.2. The van der Waals surface area contributed by atoms with Crippen molar-refractivity contribution in [3.63, 3.8) is 0 Å². The normalized spacial score (nSPS) is 12.9. The molecule has 0 aliphatic heterocycles. The molecule has 0 atom stereocenters. The van der Waals surface area contributed by atoms with Crippen molar-refractivity contribution < 1.29 is 4.74 Å². The quantitative estimate of drug-likeness (QED) is 0.221. The molecule has 1 nitrogen and oxygen atoms in total. The molecule has 0 radical (unpaired) electrons. The molecule has 7 rings (SSSR count). The van der Waals surface area contributed by atoms with Crippen molar-refractivity contribution in [2.24, 2.45) is 0 Å². The Balaban J connectivity index is 1.37. The van der Waals surface area contributed by atoms with Crippen LogP contribution in [0.15, 0.2) is 158 Å². The molecule has 0 amide bonds. The molecule has 1 aliphatic carbocycles. The third-order valence-electron chi connectivity index (χ3n) is 7.86. The third kappa shape index (κ3) is 4.04. The Hall–Kier alpha value is -4.88. The average Bonchev–Trinajstić information content (AvgIpc) is 3.30. The molecule has 0 heterocycles. The first-order valence-corrected chi connectivity index (χ1v) is 13.5. The highest BCUT2D eigenvalue weighted by Gasteiger charge is 2.45. The van der Waals surface area contributed by atoms with Gasteiger partial charge >= 0.3 is 0 Å². The third-order valence-corrected chi connectivity index (χ3v) is 7.86. The van der Waals surface area contributed by atoms with Gasteiger partial charge < -0.3 is 4.74 Å². The van der Waals surface area contributed by atoms with Crippen LogP contribution < -0.4 is 4.74 Å². The molecule has 0 bridgehead atoms. The first-order valence-electron chi connectivity index (χ1n) is 13.5. The molecule has 1 aliphatic rings. The van der Waals surface area contributed by atoms with Crippen LogP contribution in [0.2, 0.25) is 0 Å². The van der Waals surface area contributed by atoms with E-state index in [-0.39, 0.29) is 0 Å². The van der Waals surface area contributed by atoms with E-state index in [0.29, 0.717) is 0 Å². The van der Waals surface area contributed by atoms with Crippen LogP contribution in [0.5, 0.6) is 11.5 Å². The molecular weight excluding hydrogens is 472 g/mol. The second-order valence-corrected chi connectivity index (χ2v) is 10.1. The lowest BCUT2D eigenvalue weighted by molar-refractivity contribution is 0.482. The summed E-state index contributed by atoms with van der Waals surface area (Å²) in [6.45, 7) is 0. The predicted molar refractivity (Wildman–Crippen MR) is 160 cm³/mol. The van der Waals surface area contributed by atoms with Crippen LogP contribution >= 0.6 is 0 Å². The molecule has 0 saturated heterocycles. The number of hydrogen-bond donors (Lipinski definition) is 0. The van der Waals surface area contributed by atoms with Crippen molar-refractivity contribution >= 4 is 0 Å². The number of ether oxygens (including phenoxy) is 1. The zero-order chi connectivity index (χ0) is 26.1. The molecule has 186 valence electrons. The van der Waals surface area contributed by atoms with Gasteiger partial charge in [-0.1, -0.05) is 133 Å². The summed E-state index contributed by atoms with van der Waals surface area (Å²) in [5, 5.41) is 0. The standard InChI is InChI=1S/C38H28O/c1-3-11-28(12-4-1)27-29-19-21-30(22-20-29)38(31-23-25-33(26-24-31)39-32-13-5-2-6-14-32)36-17-9-7-15-34(36)35-16-8-10-18-37(35)38/h1-26H,27H2. The zero-order valence-electron chi connectivity index (χ0n) is 21.6. The van der Waals surface area contributed by atoms with E-state index >= 15 is 0 Å². The first kappa shape index (κ1) is 23.3. The van der Waals surface area contributed by atoms with Crippen LogP contribution in [-0.4, -0.2) is 0 Å². The van der Waals surface area contributed by atoms with Crippen molar-refractivity contribution in [3.8, 4) is 22.6 Å². The highest BCUT2D eigenvalue weighted by Crippen LogP contribution is 2.56. The predicted octanol–water partition coefficient (Wildman–Crippen LogP) is 9.43. The van der Waals surface area contributed by atoms with Gasteiger partial charge in [0.05, 0.1) is 5.41 Å². The van der Waals surface area contributed by atoms with Gasteiger partial charge in [0.1, 0.15) is 11.5 Å². The maximum absolute atomic E-state index is 6.15. The lowest BCUT2D eigenvalue weighted by Gasteiger charge is -2.34. The number of hydrogen-bond acceptors (Lipinski definition) is 1. The Labute approximate surface area is 230 Å². The summed E-state index contributed by atoms with van der Waals surface area (Å²) < 4.78 is 6.15. The van der Waals surface area contributed by atoms with Gasteiger partial charge in [-0.3, -0.25) is 0 Å². The van der Waals surface area contributed by atoms with E-state index < -0.39 is 5.41 Å². The Morgan fingerprint density at radius 1 is 0.385 bits per heavy atom. The van der Waals surface area contributed by atoms with E-state index in [0.717, 1.165) is 17.9 Å². The summed E-state index contributed by atoms with van der Waals surface area (Å²) >= 11 is 0. The van der Waals surface area contributed by atoms with Crippen molar-refractivity contribution in [2.45, 2.75) is 11.8 Å². The van der Waals surface area contributed by atoms with Gasteiger partial charge in [0.15, 0.2) is 0 Å². The first-order chi connectivity index (χ1) is 19.3. The highest BCUT2D eigenvalue weighted by molar-refractivity contribution is 5.86. The van der Waals surface area contributed by atoms with Gasteiger partial charge in [-0.05, 0) is 75.2 Å². The number of rotatable bonds is 6. The van der Waals surface area contributed by atoms with Crippen LogP contribution in [0.1, 0.15) is 33.4 Å². The van der Waals surface area contributed by atoms with Gasteiger partial charge in [0, 0.05) is 0 Å². The van der Waals surface area contributed by atoms with Gasteiger partial charge in [0.25, 0.3) is 0 Å². The lowest BCUT2D eigenvalue weighted by atomic mass is 9.67. The van der Waals surface area contributed by atoms with E-state index in [1.165, 1.54) is 44.5 Å². The minimum absolute atomic E-state index is 0.413. The minimum atomic E-state index is -0.413. The molecule has 0 saturated carbocycles. The zero-order valence-corrected chi connectivity index (χ0v) is 21.6. The molecule has 0 aromatic heterocycles. The van der Waals surface area contributed by atoms with E-state index in [1.807, 2.05) is 30.3 Å². The summed E-state index contributed by atoms with van der Waals surface area (Å²) in [5.74, 6) is 1.67. The maximum atomic E-state index is 6.15. The fraction of sp³-hybridized carbons (Fsp3) is 0.0526. The molecule has 0 spiro atoms.